The number of hydrogen-bond acceptors (Lipinski definition) is 0. The number of rotatable bonds is 0. The van der Waals surface area contributed by atoms with Crippen molar-refractivity contribution >= 4 is 23.2 Å². The molecule has 0 rings (SSSR count). The molecule has 5 heavy (non-hydrogen) atoms. The van der Waals surface area contributed by atoms with Crippen LogP contribution < -0.4 is 18.1 Å². The Morgan fingerprint density at radius 1 is 1.40 bits per heavy atom. The summed E-state index contributed by atoms with van der Waals surface area (Å²) in [5.74, 6) is 0. The molecular weight excluding hydrogens is 132 g/mol. The quantitative estimate of drug-likeness (QED) is 0.271. The molecule has 0 atom stereocenters. The predicted molar refractivity (Wildman–Crippen MR) is 18.4 cm³/mol. The Hall–Kier alpha value is 0.830. The second-order valence-electron chi connectivity index (χ2n) is 0.391. The molecule has 0 saturated heterocycles. The van der Waals surface area contributed by atoms with Gasteiger partial charge in [0.2, 0.25) is 4.96 Å². The average Bonchev–Trinajstić information content (AvgIpc) is 0.811. The van der Waals surface area contributed by atoms with Crippen LogP contribution in [0.15, 0.2) is 0 Å². The van der Waals surface area contributed by atoms with Crippen LogP contribution >= 0.6 is 23.2 Å². The van der Waals surface area contributed by atoms with Crippen molar-refractivity contribution in [1.82, 2.24) is 0 Å². The van der Waals surface area contributed by atoms with Crippen molar-refractivity contribution in [2.75, 3.05) is 0 Å². The largest absolute Gasteiger partial charge is 1.00 e. The maximum absolute atomic E-state index is 4.93. The maximum Gasteiger partial charge on any atom is 0.236 e. The van der Waals surface area contributed by atoms with Gasteiger partial charge in [0, 0.05) is 0 Å². The average molecular weight is 136 g/mol. The molecule has 0 bridgehead atoms. The van der Waals surface area contributed by atoms with E-state index in [0.29, 0.717) is 0 Å². The van der Waals surface area contributed by atoms with E-state index >= 15 is 0 Å². The summed E-state index contributed by atoms with van der Waals surface area (Å²) < 4.78 is 0. The summed E-state index contributed by atoms with van der Waals surface area (Å²) in [4.78, 5) is -0.472. The SMILES string of the molecule is [Cl-].[NH3+]C(Cl)Cl. The summed E-state index contributed by atoms with van der Waals surface area (Å²) in [7, 11) is 0. The van der Waals surface area contributed by atoms with E-state index in [-0.39, 0.29) is 12.4 Å². The fourth-order valence-corrected chi connectivity index (χ4v) is 0. The van der Waals surface area contributed by atoms with Crippen molar-refractivity contribution in [3.05, 3.63) is 0 Å². The molecule has 3 N–H and O–H groups in total. The molecule has 0 aromatic rings. The van der Waals surface area contributed by atoms with E-state index in [0.717, 1.165) is 0 Å². The zero-order chi connectivity index (χ0) is 3.58. The van der Waals surface area contributed by atoms with E-state index in [1.165, 1.54) is 0 Å². The van der Waals surface area contributed by atoms with E-state index in [1.807, 2.05) is 0 Å². The Morgan fingerprint density at radius 2 is 1.40 bits per heavy atom. The third-order valence-electron chi connectivity index (χ3n) is 0. The lowest BCUT2D eigenvalue weighted by molar-refractivity contribution is -0.361. The fourth-order valence-electron chi connectivity index (χ4n) is 0. The first kappa shape index (κ1) is 9.27. The lowest BCUT2D eigenvalue weighted by Crippen LogP contribution is -3.00. The summed E-state index contributed by atoms with van der Waals surface area (Å²) in [6, 6.07) is 0. The molecule has 0 radical (unpaired) electrons. The first-order valence-electron chi connectivity index (χ1n) is 0.845. The van der Waals surface area contributed by atoms with Gasteiger partial charge in [0.1, 0.15) is 0 Å². The normalized spacial score (nSPS) is 7.20. The van der Waals surface area contributed by atoms with Crippen LogP contribution in [0.3, 0.4) is 0 Å². The number of halogens is 3. The highest BCUT2D eigenvalue weighted by Gasteiger charge is 1.80. The van der Waals surface area contributed by atoms with Crippen molar-refractivity contribution in [1.29, 1.82) is 0 Å². The standard InChI is InChI=1S/CH3Cl2N.ClH/c2-1(3)4;/h1H,4H2;1H. The van der Waals surface area contributed by atoms with Crippen LogP contribution in [0.1, 0.15) is 0 Å². The van der Waals surface area contributed by atoms with E-state index in [4.69, 9.17) is 23.2 Å². The molecule has 34 valence electrons. The van der Waals surface area contributed by atoms with E-state index in [1.54, 1.807) is 0 Å². The third kappa shape index (κ3) is 56.2. The monoisotopic (exact) mass is 135 g/mol. The van der Waals surface area contributed by atoms with Gasteiger partial charge < -0.3 is 18.1 Å². The smallest absolute Gasteiger partial charge is 0.236 e. The van der Waals surface area contributed by atoms with Gasteiger partial charge in [0.25, 0.3) is 0 Å². The molecule has 0 heterocycles. The molecule has 0 spiro atoms. The highest BCUT2D eigenvalue weighted by molar-refractivity contribution is 6.42. The van der Waals surface area contributed by atoms with Gasteiger partial charge in [-0.25, -0.2) is 0 Å². The Kier molecular flexibility index (Phi) is 8.96. The first-order chi connectivity index (χ1) is 1.73. The molecule has 0 aromatic heterocycles. The van der Waals surface area contributed by atoms with Crippen LogP contribution in [0, 0.1) is 0 Å². The molecule has 0 amide bonds. The van der Waals surface area contributed by atoms with Gasteiger partial charge in [-0.15, -0.1) is 0 Å². The van der Waals surface area contributed by atoms with Crippen LogP contribution in [-0.2, 0) is 0 Å². The van der Waals surface area contributed by atoms with Gasteiger partial charge >= 0.3 is 0 Å². The molecule has 0 aliphatic carbocycles. The van der Waals surface area contributed by atoms with Crippen LogP contribution in [0.5, 0.6) is 0 Å². The lowest BCUT2D eigenvalue weighted by Gasteiger charge is -1.70. The van der Waals surface area contributed by atoms with Gasteiger partial charge in [0.05, 0.1) is 0 Å². The van der Waals surface area contributed by atoms with Crippen LogP contribution in [0.4, 0.5) is 0 Å². The van der Waals surface area contributed by atoms with E-state index < -0.39 is 4.96 Å². The van der Waals surface area contributed by atoms with Gasteiger partial charge in [-0.1, -0.05) is 0 Å². The second-order valence-corrected chi connectivity index (χ2v) is 1.67. The van der Waals surface area contributed by atoms with Gasteiger partial charge in [-0.3, -0.25) is 0 Å². The van der Waals surface area contributed by atoms with Gasteiger partial charge in [-0.2, -0.15) is 0 Å². The topological polar surface area (TPSA) is 27.6 Å². The van der Waals surface area contributed by atoms with Crippen molar-refractivity contribution in [2.24, 2.45) is 0 Å². The Morgan fingerprint density at radius 3 is 1.40 bits per heavy atom. The molecule has 0 aromatic carbocycles. The molecule has 4 heteroatoms. The number of quaternary nitrogens is 1. The first-order valence-corrected chi connectivity index (χ1v) is 1.72. The molecular formula is CH4Cl3N. The minimum absolute atomic E-state index is 0. The van der Waals surface area contributed by atoms with Crippen molar-refractivity contribution in [3.63, 3.8) is 0 Å². The van der Waals surface area contributed by atoms with Crippen molar-refractivity contribution in [3.8, 4) is 0 Å². The highest BCUT2D eigenvalue weighted by atomic mass is 35.5. The Balaban J connectivity index is 0. The Labute approximate surface area is 46.8 Å². The second kappa shape index (κ2) is 4.83. The molecule has 0 fully saturated rings. The highest BCUT2D eigenvalue weighted by Crippen LogP contribution is 1.82. The molecule has 0 saturated carbocycles. The summed E-state index contributed by atoms with van der Waals surface area (Å²) in [6.45, 7) is 0. The van der Waals surface area contributed by atoms with Crippen LogP contribution in [0.25, 0.3) is 0 Å². The maximum atomic E-state index is 4.93. The summed E-state index contributed by atoms with van der Waals surface area (Å²) in [5, 5.41) is 0. The van der Waals surface area contributed by atoms with Crippen LogP contribution in [-0.4, -0.2) is 4.96 Å². The summed E-state index contributed by atoms with van der Waals surface area (Å²) in [5.41, 5.74) is 3.17. The van der Waals surface area contributed by atoms with Crippen molar-refractivity contribution in [2.45, 2.75) is 4.96 Å². The molecule has 0 unspecified atom stereocenters. The Bertz CT molecular complexity index is 11.6. The lowest BCUT2D eigenvalue weighted by atomic mass is 11.5. The van der Waals surface area contributed by atoms with E-state index in [9.17, 15) is 0 Å². The van der Waals surface area contributed by atoms with Gasteiger partial charge in [0.15, 0.2) is 0 Å². The van der Waals surface area contributed by atoms with Crippen LogP contribution in [0.2, 0.25) is 0 Å². The minimum Gasteiger partial charge on any atom is -1.00 e. The number of alkyl halides is 2. The third-order valence-corrected chi connectivity index (χ3v) is 0. The van der Waals surface area contributed by atoms with Gasteiger partial charge in [-0.05, 0) is 23.2 Å². The van der Waals surface area contributed by atoms with Crippen molar-refractivity contribution < 1.29 is 18.1 Å². The summed E-state index contributed by atoms with van der Waals surface area (Å²) >= 11 is 9.86. The zero-order valence-electron chi connectivity index (χ0n) is 2.42. The molecule has 0 aliphatic heterocycles. The summed E-state index contributed by atoms with van der Waals surface area (Å²) in [6.07, 6.45) is 0. The fraction of sp³-hybridized carbons (Fsp3) is 1.00. The molecule has 0 aliphatic rings. The predicted octanol–water partition coefficient (Wildman–Crippen LogP) is -3.01. The van der Waals surface area contributed by atoms with E-state index in [2.05, 4.69) is 5.73 Å². The zero-order valence-corrected chi connectivity index (χ0v) is 4.69. The molecule has 1 nitrogen and oxygen atoms in total. The number of hydrogen-bond donors (Lipinski definition) is 1. The minimum atomic E-state index is -0.472.